The van der Waals surface area contributed by atoms with Crippen LogP contribution < -0.4 is 10.2 Å². The van der Waals surface area contributed by atoms with Crippen LogP contribution in [0.5, 0.6) is 0 Å². The summed E-state index contributed by atoms with van der Waals surface area (Å²) >= 11 is 0. The number of anilines is 1. The number of nitrogens with one attached hydrogen (secondary N) is 1. The van der Waals surface area contributed by atoms with Gasteiger partial charge < -0.3 is 15.3 Å². The molecule has 0 aromatic carbocycles. The fraction of sp³-hybridized carbons (Fsp3) is 0.615. The van der Waals surface area contributed by atoms with Gasteiger partial charge in [-0.3, -0.25) is 0 Å². The monoisotopic (exact) mass is 237 g/mol. The van der Waals surface area contributed by atoms with Crippen LogP contribution >= 0.6 is 0 Å². The number of hydrogen-bond donors (Lipinski definition) is 2. The zero-order valence-electron chi connectivity index (χ0n) is 11.0. The number of aliphatic hydroxyl groups is 1. The van der Waals surface area contributed by atoms with Gasteiger partial charge in [0.05, 0.1) is 0 Å². The molecule has 0 atom stereocenters. The van der Waals surface area contributed by atoms with Crippen LogP contribution in [0.25, 0.3) is 0 Å². The summed E-state index contributed by atoms with van der Waals surface area (Å²) in [6.07, 6.45) is 2.59. The minimum absolute atomic E-state index is 0.220. The molecule has 0 amide bonds. The predicted molar refractivity (Wildman–Crippen MR) is 71.2 cm³/mol. The lowest BCUT2D eigenvalue weighted by atomic mass is 10.2. The normalized spacial score (nSPS) is 10.9. The Balaban J connectivity index is 2.91. The molecule has 1 aromatic heterocycles. The number of aromatic nitrogens is 1. The van der Waals surface area contributed by atoms with Crippen LogP contribution in [0.4, 0.5) is 5.82 Å². The maximum absolute atomic E-state index is 8.96. The number of rotatable bonds is 7. The average molecular weight is 237 g/mol. The Morgan fingerprint density at radius 3 is 2.82 bits per heavy atom. The zero-order chi connectivity index (χ0) is 12.7. The van der Waals surface area contributed by atoms with Gasteiger partial charge in [-0.25, -0.2) is 4.98 Å². The second-order valence-corrected chi connectivity index (χ2v) is 4.38. The Labute approximate surface area is 104 Å². The molecule has 1 rings (SSSR count). The second kappa shape index (κ2) is 7.25. The number of nitrogens with zero attached hydrogens (tertiary/aromatic N) is 2. The van der Waals surface area contributed by atoms with E-state index in [1.54, 1.807) is 0 Å². The van der Waals surface area contributed by atoms with Crippen molar-refractivity contribution in [3.8, 4) is 0 Å². The summed E-state index contributed by atoms with van der Waals surface area (Å²) in [5.41, 5.74) is 1.20. The molecule has 4 heteroatoms. The van der Waals surface area contributed by atoms with Crippen LogP contribution in [0.3, 0.4) is 0 Å². The molecule has 1 heterocycles. The quantitative estimate of drug-likeness (QED) is 0.752. The summed E-state index contributed by atoms with van der Waals surface area (Å²) in [4.78, 5) is 6.72. The van der Waals surface area contributed by atoms with Crippen molar-refractivity contribution in [3.63, 3.8) is 0 Å². The Kier molecular flexibility index (Phi) is 5.94. The van der Waals surface area contributed by atoms with Crippen LogP contribution in [-0.4, -0.2) is 36.3 Å². The van der Waals surface area contributed by atoms with Crippen molar-refractivity contribution in [3.05, 3.63) is 23.9 Å². The first kappa shape index (κ1) is 13.9. The molecule has 0 radical (unpaired) electrons. The van der Waals surface area contributed by atoms with E-state index in [-0.39, 0.29) is 6.61 Å². The van der Waals surface area contributed by atoms with Crippen LogP contribution in [0, 0.1) is 0 Å². The van der Waals surface area contributed by atoms with Gasteiger partial charge in [-0.15, -0.1) is 0 Å². The Bertz CT molecular complexity index is 328. The molecule has 0 spiro atoms. The van der Waals surface area contributed by atoms with E-state index in [2.05, 4.69) is 35.1 Å². The summed E-state index contributed by atoms with van der Waals surface area (Å²) in [5, 5.41) is 12.1. The highest BCUT2D eigenvalue weighted by Crippen LogP contribution is 2.19. The van der Waals surface area contributed by atoms with Gasteiger partial charge in [-0.2, -0.15) is 0 Å². The average Bonchev–Trinajstić information content (AvgIpc) is 2.31. The van der Waals surface area contributed by atoms with E-state index in [0.29, 0.717) is 6.04 Å². The molecule has 0 saturated carbocycles. The van der Waals surface area contributed by atoms with Gasteiger partial charge in [-0.1, -0.05) is 6.07 Å². The Hall–Kier alpha value is -1.13. The van der Waals surface area contributed by atoms with Gasteiger partial charge in [0.1, 0.15) is 5.82 Å². The number of pyridine rings is 1. The lowest BCUT2D eigenvalue weighted by Gasteiger charge is -2.29. The van der Waals surface area contributed by atoms with Gasteiger partial charge in [0.15, 0.2) is 0 Å². The van der Waals surface area contributed by atoms with Crippen molar-refractivity contribution in [2.45, 2.75) is 32.9 Å². The molecule has 0 saturated heterocycles. The summed E-state index contributed by atoms with van der Waals surface area (Å²) in [5.74, 6) is 1.02. The highest BCUT2D eigenvalue weighted by atomic mass is 16.3. The molecular formula is C13H23N3O. The minimum Gasteiger partial charge on any atom is -0.396 e. The van der Waals surface area contributed by atoms with Crippen molar-refractivity contribution < 1.29 is 5.11 Å². The first-order valence-electron chi connectivity index (χ1n) is 6.16. The van der Waals surface area contributed by atoms with E-state index in [1.165, 1.54) is 5.56 Å². The van der Waals surface area contributed by atoms with Crippen molar-refractivity contribution in [1.29, 1.82) is 0 Å². The van der Waals surface area contributed by atoms with E-state index in [0.717, 1.165) is 25.3 Å². The van der Waals surface area contributed by atoms with Gasteiger partial charge in [0.25, 0.3) is 0 Å². The molecule has 17 heavy (non-hydrogen) atoms. The SMILES string of the molecule is CNCc1cccnc1N(CCCO)C(C)C. The number of aliphatic hydroxyl groups excluding tert-OH is 1. The molecule has 0 fully saturated rings. The third kappa shape index (κ3) is 3.98. The molecule has 2 N–H and O–H groups in total. The van der Waals surface area contributed by atoms with Gasteiger partial charge in [0, 0.05) is 37.5 Å². The van der Waals surface area contributed by atoms with Gasteiger partial charge in [-0.05, 0) is 33.4 Å². The van der Waals surface area contributed by atoms with Crippen LogP contribution in [0.15, 0.2) is 18.3 Å². The third-order valence-electron chi connectivity index (χ3n) is 2.69. The van der Waals surface area contributed by atoms with Gasteiger partial charge >= 0.3 is 0 Å². The van der Waals surface area contributed by atoms with E-state index in [4.69, 9.17) is 5.11 Å². The Morgan fingerprint density at radius 2 is 2.24 bits per heavy atom. The molecule has 0 aliphatic heterocycles. The van der Waals surface area contributed by atoms with Crippen LogP contribution in [0.2, 0.25) is 0 Å². The lowest BCUT2D eigenvalue weighted by Crippen LogP contribution is -2.34. The van der Waals surface area contributed by atoms with Crippen molar-refractivity contribution in [2.75, 3.05) is 25.1 Å². The molecule has 0 bridgehead atoms. The van der Waals surface area contributed by atoms with E-state index < -0.39 is 0 Å². The third-order valence-corrected chi connectivity index (χ3v) is 2.69. The highest BCUT2D eigenvalue weighted by Gasteiger charge is 2.14. The number of hydrogen-bond acceptors (Lipinski definition) is 4. The largest absolute Gasteiger partial charge is 0.396 e. The van der Waals surface area contributed by atoms with Crippen molar-refractivity contribution in [1.82, 2.24) is 10.3 Å². The standard InChI is InChI=1S/C13H23N3O/c1-11(2)16(8-5-9-17)13-12(10-14-3)6-4-7-15-13/h4,6-7,11,14,17H,5,8-10H2,1-3H3. The predicted octanol–water partition coefficient (Wildman–Crippen LogP) is 1.40. The van der Waals surface area contributed by atoms with Crippen LogP contribution in [-0.2, 0) is 6.54 Å². The zero-order valence-corrected chi connectivity index (χ0v) is 11.0. The van der Waals surface area contributed by atoms with Crippen LogP contribution in [0.1, 0.15) is 25.8 Å². The van der Waals surface area contributed by atoms with E-state index in [9.17, 15) is 0 Å². The van der Waals surface area contributed by atoms with E-state index in [1.807, 2.05) is 19.3 Å². The highest BCUT2D eigenvalue weighted by molar-refractivity contribution is 5.47. The molecule has 0 aliphatic carbocycles. The smallest absolute Gasteiger partial charge is 0.133 e. The fourth-order valence-corrected chi connectivity index (χ4v) is 1.87. The maximum Gasteiger partial charge on any atom is 0.133 e. The first-order chi connectivity index (χ1) is 8.20. The maximum atomic E-state index is 8.96. The second-order valence-electron chi connectivity index (χ2n) is 4.38. The summed E-state index contributed by atoms with van der Waals surface area (Å²) in [6, 6.07) is 4.43. The minimum atomic E-state index is 0.220. The van der Waals surface area contributed by atoms with E-state index >= 15 is 0 Å². The summed E-state index contributed by atoms with van der Waals surface area (Å²) in [6.45, 7) is 6.16. The van der Waals surface area contributed by atoms with Crippen molar-refractivity contribution in [2.24, 2.45) is 0 Å². The first-order valence-corrected chi connectivity index (χ1v) is 6.16. The topological polar surface area (TPSA) is 48.4 Å². The summed E-state index contributed by atoms with van der Waals surface area (Å²) < 4.78 is 0. The van der Waals surface area contributed by atoms with Crippen molar-refractivity contribution >= 4 is 5.82 Å². The summed E-state index contributed by atoms with van der Waals surface area (Å²) in [7, 11) is 1.93. The van der Waals surface area contributed by atoms with Gasteiger partial charge in [0.2, 0.25) is 0 Å². The molecular weight excluding hydrogens is 214 g/mol. The Morgan fingerprint density at radius 1 is 1.47 bits per heavy atom. The molecule has 4 nitrogen and oxygen atoms in total. The molecule has 1 aromatic rings. The lowest BCUT2D eigenvalue weighted by molar-refractivity contribution is 0.288. The molecule has 96 valence electrons. The molecule has 0 unspecified atom stereocenters. The fourth-order valence-electron chi connectivity index (χ4n) is 1.87. The molecule has 0 aliphatic rings.